The number of hydrogen-bond acceptors (Lipinski definition) is 2. The number of carbonyl (C=O) groups excluding carboxylic acids is 1. The number of alkyl halides is 3. The van der Waals surface area contributed by atoms with Crippen LogP contribution in [0, 0.1) is 0 Å². The Morgan fingerprint density at radius 2 is 1.94 bits per heavy atom. The molecule has 1 aromatic carbocycles. The van der Waals surface area contributed by atoms with Gasteiger partial charge in [-0.2, -0.15) is 13.2 Å². The highest BCUT2D eigenvalue weighted by Crippen LogP contribution is 2.20. The van der Waals surface area contributed by atoms with Crippen LogP contribution in [-0.2, 0) is 4.79 Å². The molecule has 0 atom stereocenters. The monoisotopic (exact) mass is 249 g/mol. The third kappa shape index (κ3) is 3.58. The minimum absolute atomic E-state index is 0.353. The van der Waals surface area contributed by atoms with Gasteiger partial charge in [-0.3, -0.25) is 4.79 Å². The number of anilines is 1. The van der Waals surface area contributed by atoms with Crippen LogP contribution in [0.5, 0.6) is 0 Å². The van der Waals surface area contributed by atoms with E-state index in [9.17, 15) is 18.0 Å². The van der Waals surface area contributed by atoms with Crippen LogP contribution >= 0.6 is 11.6 Å². The topological polar surface area (TPSA) is 29.1 Å². The Hall–Kier alpha value is -1.49. The molecule has 86 valence electrons. The van der Waals surface area contributed by atoms with Crippen molar-refractivity contribution in [3.63, 3.8) is 0 Å². The second kappa shape index (κ2) is 5.03. The first kappa shape index (κ1) is 12.6. The second-order valence-electron chi connectivity index (χ2n) is 2.82. The number of para-hydroxylation sites is 1. The molecule has 0 saturated heterocycles. The second-order valence-corrected chi connectivity index (χ2v) is 3.23. The van der Waals surface area contributed by atoms with E-state index in [0.29, 0.717) is 16.8 Å². The molecule has 1 rings (SSSR count). The van der Waals surface area contributed by atoms with Crippen molar-refractivity contribution in [2.45, 2.75) is 6.18 Å². The fourth-order valence-corrected chi connectivity index (χ4v) is 1.07. The largest absolute Gasteiger partial charge is 0.454 e. The molecular formula is C10H7ClF3NO. The minimum Gasteiger partial charge on any atom is -0.360 e. The quantitative estimate of drug-likeness (QED) is 0.832. The molecular weight excluding hydrogens is 243 g/mol. The Morgan fingerprint density at radius 1 is 1.31 bits per heavy atom. The first-order valence-electron chi connectivity index (χ1n) is 4.20. The van der Waals surface area contributed by atoms with Gasteiger partial charge in [-0.1, -0.05) is 23.7 Å². The molecule has 0 aliphatic heterocycles. The van der Waals surface area contributed by atoms with Crippen molar-refractivity contribution in [2.24, 2.45) is 0 Å². The Bertz CT molecular complexity index is 415. The maximum absolute atomic E-state index is 11.8. The van der Waals surface area contributed by atoms with Gasteiger partial charge < -0.3 is 5.32 Å². The molecule has 0 spiro atoms. The van der Waals surface area contributed by atoms with Gasteiger partial charge in [0.05, 0.1) is 10.7 Å². The predicted octanol–water partition coefficient (Wildman–Crippen LogP) is 3.40. The summed E-state index contributed by atoms with van der Waals surface area (Å²) < 4.78 is 35.4. The highest BCUT2D eigenvalue weighted by Gasteiger charge is 2.35. The van der Waals surface area contributed by atoms with E-state index >= 15 is 0 Å². The van der Waals surface area contributed by atoms with Crippen LogP contribution in [0.1, 0.15) is 0 Å². The smallest absolute Gasteiger partial charge is 0.360 e. The number of allylic oxidation sites excluding steroid dienone is 1. The predicted molar refractivity (Wildman–Crippen MR) is 55.3 cm³/mol. The molecule has 0 unspecified atom stereocenters. The van der Waals surface area contributed by atoms with Crippen LogP contribution in [0.25, 0.3) is 0 Å². The maximum Gasteiger partial charge on any atom is 0.454 e. The molecule has 0 aliphatic rings. The lowest BCUT2D eigenvalue weighted by atomic mass is 10.3. The number of carbonyl (C=O) groups is 1. The Balaban J connectivity index is 2.62. The molecule has 0 amide bonds. The summed E-state index contributed by atoms with van der Waals surface area (Å²) in [5, 5.41) is 2.84. The third-order valence-electron chi connectivity index (χ3n) is 1.63. The van der Waals surface area contributed by atoms with Crippen LogP contribution in [0.2, 0.25) is 5.02 Å². The third-order valence-corrected chi connectivity index (χ3v) is 1.96. The zero-order chi connectivity index (χ0) is 12.2. The van der Waals surface area contributed by atoms with E-state index in [-0.39, 0.29) is 0 Å². The molecule has 16 heavy (non-hydrogen) atoms. The van der Waals surface area contributed by atoms with Crippen molar-refractivity contribution in [3.05, 3.63) is 41.6 Å². The van der Waals surface area contributed by atoms with E-state index in [2.05, 4.69) is 5.32 Å². The van der Waals surface area contributed by atoms with Crippen LogP contribution in [0.15, 0.2) is 36.5 Å². The van der Waals surface area contributed by atoms with E-state index in [0.717, 1.165) is 6.20 Å². The average molecular weight is 250 g/mol. The first-order chi connectivity index (χ1) is 7.41. The number of rotatable bonds is 3. The molecule has 0 radical (unpaired) electrons. The maximum atomic E-state index is 11.8. The summed E-state index contributed by atoms with van der Waals surface area (Å²) in [5.74, 6) is -1.92. The number of nitrogens with one attached hydrogen (secondary N) is 1. The van der Waals surface area contributed by atoms with E-state index < -0.39 is 12.0 Å². The molecule has 0 aromatic heterocycles. The summed E-state index contributed by atoms with van der Waals surface area (Å²) in [7, 11) is 0. The number of hydrogen-bond donors (Lipinski definition) is 1. The molecule has 0 heterocycles. The molecule has 0 fully saturated rings. The van der Waals surface area contributed by atoms with Gasteiger partial charge in [0.25, 0.3) is 5.78 Å². The zero-order valence-electron chi connectivity index (χ0n) is 7.88. The average Bonchev–Trinajstić information content (AvgIpc) is 2.19. The van der Waals surface area contributed by atoms with Crippen molar-refractivity contribution in [3.8, 4) is 0 Å². The van der Waals surface area contributed by atoms with Crippen LogP contribution in [-0.4, -0.2) is 12.0 Å². The van der Waals surface area contributed by atoms with Crippen molar-refractivity contribution in [1.29, 1.82) is 0 Å². The van der Waals surface area contributed by atoms with Gasteiger partial charge in [-0.05, 0) is 12.1 Å². The minimum atomic E-state index is -4.85. The van der Waals surface area contributed by atoms with Crippen LogP contribution in [0.3, 0.4) is 0 Å². The summed E-state index contributed by atoms with van der Waals surface area (Å²) in [5.41, 5.74) is 0.426. The molecule has 1 N–H and O–H groups in total. The number of benzene rings is 1. The van der Waals surface area contributed by atoms with E-state index in [1.165, 1.54) is 0 Å². The normalized spacial score (nSPS) is 11.8. The van der Waals surface area contributed by atoms with Gasteiger partial charge in [0.2, 0.25) is 0 Å². The van der Waals surface area contributed by atoms with Crippen molar-refractivity contribution < 1.29 is 18.0 Å². The fourth-order valence-electron chi connectivity index (χ4n) is 0.880. The Morgan fingerprint density at radius 3 is 2.50 bits per heavy atom. The van der Waals surface area contributed by atoms with Gasteiger partial charge >= 0.3 is 6.18 Å². The Labute approximate surface area is 94.7 Å². The highest BCUT2D eigenvalue weighted by molar-refractivity contribution is 6.33. The SMILES string of the molecule is O=C(/C=C/Nc1ccccc1Cl)C(F)(F)F. The molecule has 6 heteroatoms. The molecule has 2 nitrogen and oxygen atoms in total. The van der Waals surface area contributed by atoms with Gasteiger partial charge in [-0.25, -0.2) is 0 Å². The van der Waals surface area contributed by atoms with Gasteiger partial charge in [0.1, 0.15) is 0 Å². The van der Waals surface area contributed by atoms with Crippen molar-refractivity contribution >= 4 is 23.1 Å². The van der Waals surface area contributed by atoms with E-state index in [1.54, 1.807) is 24.3 Å². The van der Waals surface area contributed by atoms with Crippen molar-refractivity contribution in [2.75, 3.05) is 5.32 Å². The van der Waals surface area contributed by atoms with E-state index in [4.69, 9.17) is 11.6 Å². The fraction of sp³-hybridized carbons (Fsp3) is 0.100. The van der Waals surface area contributed by atoms with E-state index in [1.807, 2.05) is 0 Å². The lowest BCUT2D eigenvalue weighted by molar-refractivity contribution is -0.165. The lowest BCUT2D eigenvalue weighted by Gasteiger charge is -2.03. The van der Waals surface area contributed by atoms with Gasteiger partial charge in [-0.15, -0.1) is 0 Å². The molecule has 0 bridgehead atoms. The zero-order valence-corrected chi connectivity index (χ0v) is 8.64. The first-order valence-corrected chi connectivity index (χ1v) is 4.58. The van der Waals surface area contributed by atoms with Gasteiger partial charge in [0.15, 0.2) is 0 Å². The summed E-state index contributed by atoms with van der Waals surface area (Å²) in [6.45, 7) is 0. The summed E-state index contributed by atoms with van der Waals surface area (Å²) in [4.78, 5) is 10.5. The van der Waals surface area contributed by atoms with Crippen molar-refractivity contribution in [1.82, 2.24) is 0 Å². The summed E-state index contributed by atoms with van der Waals surface area (Å²) in [6, 6.07) is 6.49. The molecule has 0 aliphatic carbocycles. The van der Waals surface area contributed by atoms with Crippen LogP contribution < -0.4 is 5.32 Å². The highest BCUT2D eigenvalue weighted by atomic mass is 35.5. The standard InChI is InChI=1S/C10H7ClF3NO/c11-7-3-1-2-4-8(7)15-6-5-9(16)10(12,13)14/h1-6,15H/b6-5+. The number of ketones is 1. The Kier molecular flexibility index (Phi) is 3.95. The summed E-state index contributed by atoms with van der Waals surface area (Å²) in [6.07, 6.45) is -3.54. The molecule has 1 aromatic rings. The molecule has 0 saturated carbocycles. The van der Waals surface area contributed by atoms with Gasteiger partial charge in [0, 0.05) is 12.3 Å². The summed E-state index contributed by atoms with van der Waals surface area (Å²) >= 11 is 5.73. The van der Waals surface area contributed by atoms with Crippen LogP contribution in [0.4, 0.5) is 18.9 Å². The number of halogens is 4. The lowest BCUT2D eigenvalue weighted by Crippen LogP contribution is -2.20.